The van der Waals surface area contributed by atoms with Crippen LogP contribution in [0.15, 0.2) is 0 Å². The van der Waals surface area contributed by atoms with Gasteiger partial charge in [-0.3, -0.25) is 0 Å². The van der Waals surface area contributed by atoms with Gasteiger partial charge in [-0.15, -0.1) is 0 Å². The number of hydrogen-bond donors (Lipinski definition) is 1. The summed E-state index contributed by atoms with van der Waals surface area (Å²) in [5, 5.41) is 9.61. The van der Waals surface area contributed by atoms with Crippen molar-refractivity contribution in [2.45, 2.75) is 59.5 Å². The summed E-state index contributed by atoms with van der Waals surface area (Å²) in [6.45, 7) is 10.4. The molecule has 1 N–H and O–H groups in total. The second-order valence-electron chi connectivity index (χ2n) is 4.69. The van der Waals surface area contributed by atoms with Crippen LogP contribution in [-0.2, 0) is 0 Å². The fourth-order valence-corrected chi connectivity index (χ4v) is 1.53. The summed E-state index contributed by atoms with van der Waals surface area (Å²) in [6.07, 6.45) is 3.10. The average Bonchev–Trinajstić information content (AvgIpc) is 1.82. The lowest BCUT2D eigenvalue weighted by Crippen LogP contribution is -2.22. The quantitative estimate of drug-likeness (QED) is 0.673. The van der Waals surface area contributed by atoms with Gasteiger partial charge in [-0.2, -0.15) is 0 Å². The van der Waals surface area contributed by atoms with Crippen LogP contribution in [0, 0.1) is 11.8 Å². The van der Waals surface area contributed by atoms with Gasteiger partial charge < -0.3 is 5.11 Å². The van der Waals surface area contributed by atoms with Crippen LogP contribution < -0.4 is 0 Å². The van der Waals surface area contributed by atoms with Crippen LogP contribution >= 0.6 is 0 Å². The smallest absolute Gasteiger partial charge is 0.0597 e. The molecule has 0 aliphatic rings. The first-order chi connectivity index (χ1) is 5.35. The maximum atomic E-state index is 9.61. The Morgan fingerprint density at radius 2 is 1.83 bits per heavy atom. The zero-order chi connectivity index (χ0) is 9.78. The van der Waals surface area contributed by atoms with E-state index in [4.69, 9.17) is 0 Å². The van der Waals surface area contributed by atoms with Crippen LogP contribution in [0.4, 0.5) is 0 Å². The lowest BCUT2D eigenvalue weighted by atomic mass is 9.86. The third-order valence-corrected chi connectivity index (χ3v) is 1.88. The standard InChI is InChI=1S/C11H23O/c1-6-10(7-9(2)3)8-11(4,5)12/h9,12H,6-8H2,1-5H3. The molecule has 1 heteroatoms. The van der Waals surface area contributed by atoms with Crippen LogP contribution in [0.5, 0.6) is 0 Å². The van der Waals surface area contributed by atoms with E-state index in [0.29, 0.717) is 5.92 Å². The average molecular weight is 171 g/mol. The van der Waals surface area contributed by atoms with E-state index in [2.05, 4.69) is 20.8 Å². The maximum Gasteiger partial charge on any atom is 0.0597 e. The third kappa shape index (κ3) is 6.66. The van der Waals surface area contributed by atoms with Gasteiger partial charge in [0.2, 0.25) is 0 Å². The lowest BCUT2D eigenvalue weighted by Gasteiger charge is -2.24. The van der Waals surface area contributed by atoms with E-state index in [0.717, 1.165) is 19.3 Å². The summed E-state index contributed by atoms with van der Waals surface area (Å²) in [5.41, 5.74) is -0.528. The molecule has 0 saturated heterocycles. The SMILES string of the molecule is CC[C](CC(C)C)CC(C)(C)O. The molecule has 73 valence electrons. The third-order valence-electron chi connectivity index (χ3n) is 1.88. The minimum atomic E-state index is -0.528. The molecule has 0 rings (SSSR count). The largest absolute Gasteiger partial charge is 0.390 e. The van der Waals surface area contributed by atoms with E-state index >= 15 is 0 Å². The summed E-state index contributed by atoms with van der Waals surface area (Å²) < 4.78 is 0. The summed E-state index contributed by atoms with van der Waals surface area (Å²) in [6, 6.07) is 0. The predicted octanol–water partition coefficient (Wildman–Crippen LogP) is 3.18. The second kappa shape index (κ2) is 4.86. The van der Waals surface area contributed by atoms with Gasteiger partial charge in [-0.05, 0) is 44.9 Å². The normalized spacial score (nSPS) is 13.0. The molecule has 0 atom stereocenters. The van der Waals surface area contributed by atoms with Crippen molar-refractivity contribution in [2.75, 3.05) is 0 Å². The first kappa shape index (κ1) is 12.0. The minimum absolute atomic E-state index is 0.528. The molecule has 0 heterocycles. The summed E-state index contributed by atoms with van der Waals surface area (Å²) in [5.74, 6) is 2.19. The number of hydrogen-bond acceptors (Lipinski definition) is 1. The Morgan fingerprint density at radius 3 is 2.08 bits per heavy atom. The number of aliphatic hydroxyl groups is 1. The van der Waals surface area contributed by atoms with Gasteiger partial charge in [0, 0.05) is 0 Å². The lowest BCUT2D eigenvalue weighted by molar-refractivity contribution is 0.0721. The van der Waals surface area contributed by atoms with Gasteiger partial charge in [0.15, 0.2) is 0 Å². The first-order valence-electron chi connectivity index (χ1n) is 4.91. The Hall–Kier alpha value is -0.0400. The van der Waals surface area contributed by atoms with Gasteiger partial charge in [0.25, 0.3) is 0 Å². The van der Waals surface area contributed by atoms with Crippen molar-refractivity contribution < 1.29 is 5.11 Å². The van der Waals surface area contributed by atoms with Crippen molar-refractivity contribution in [3.63, 3.8) is 0 Å². The van der Waals surface area contributed by atoms with Crippen molar-refractivity contribution >= 4 is 0 Å². The van der Waals surface area contributed by atoms with Gasteiger partial charge >= 0.3 is 0 Å². The molecular weight excluding hydrogens is 148 g/mol. The zero-order valence-corrected chi connectivity index (χ0v) is 9.15. The maximum absolute atomic E-state index is 9.61. The van der Waals surface area contributed by atoms with Crippen molar-refractivity contribution in [2.24, 2.45) is 5.92 Å². The molecule has 1 nitrogen and oxygen atoms in total. The first-order valence-corrected chi connectivity index (χ1v) is 4.91. The van der Waals surface area contributed by atoms with Gasteiger partial charge in [-0.25, -0.2) is 0 Å². The monoisotopic (exact) mass is 171 g/mol. The fraction of sp³-hybridized carbons (Fsp3) is 0.909. The molecule has 0 unspecified atom stereocenters. The topological polar surface area (TPSA) is 20.2 Å². The molecule has 1 radical (unpaired) electrons. The highest BCUT2D eigenvalue weighted by Gasteiger charge is 2.19. The van der Waals surface area contributed by atoms with Crippen LogP contribution in [0.25, 0.3) is 0 Å². The minimum Gasteiger partial charge on any atom is -0.390 e. The highest BCUT2D eigenvalue weighted by atomic mass is 16.3. The van der Waals surface area contributed by atoms with E-state index < -0.39 is 5.60 Å². The molecule has 0 aliphatic heterocycles. The Morgan fingerprint density at radius 1 is 1.33 bits per heavy atom. The van der Waals surface area contributed by atoms with E-state index in [-0.39, 0.29) is 0 Å². The summed E-state index contributed by atoms with van der Waals surface area (Å²) in [7, 11) is 0. The van der Waals surface area contributed by atoms with Crippen LogP contribution in [-0.4, -0.2) is 10.7 Å². The molecular formula is C11H23O. The van der Waals surface area contributed by atoms with Gasteiger partial charge in [-0.1, -0.05) is 20.8 Å². The molecule has 0 aromatic carbocycles. The molecule has 0 saturated carbocycles. The molecule has 0 fully saturated rings. The van der Waals surface area contributed by atoms with Crippen molar-refractivity contribution in [3.05, 3.63) is 5.92 Å². The van der Waals surface area contributed by atoms with E-state index in [1.165, 1.54) is 5.92 Å². The fourth-order valence-electron chi connectivity index (χ4n) is 1.53. The highest BCUT2D eigenvalue weighted by molar-refractivity contribution is 4.94. The van der Waals surface area contributed by atoms with Crippen molar-refractivity contribution in [3.8, 4) is 0 Å². The molecule has 0 bridgehead atoms. The van der Waals surface area contributed by atoms with E-state index in [9.17, 15) is 5.11 Å². The van der Waals surface area contributed by atoms with Crippen LogP contribution in [0.2, 0.25) is 0 Å². The van der Waals surface area contributed by atoms with E-state index in [1.54, 1.807) is 0 Å². The Balaban J connectivity index is 3.83. The summed E-state index contributed by atoms with van der Waals surface area (Å²) >= 11 is 0. The number of rotatable bonds is 5. The second-order valence-corrected chi connectivity index (χ2v) is 4.69. The van der Waals surface area contributed by atoms with Crippen molar-refractivity contribution in [1.29, 1.82) is 0 Å². The van der Waals surface area contributed by atoms with Gasteiger partial charge in [0.05, 0.1) is 5.60 Å². The molecule has 0 aliphatic carbocycles. The molecule has 0 aromatic heterocycles. The molecule has 12 heavy (non-hydrogen) atoms. The molecule has 0 amide bonds. The Kier molecular flexibility index (Phi) is 4.84. The predicted molar refractivity (Wildman–Crippen MR) is 53.9 cm³/mol. The van der Waals surface area contributed by atoms with Crippen LogP contribution in [0.1, 0.15) is 53.9 Å². The van der Waals surface area contributed by atoms with E-state index in [1.807, 2.05) is 13.8 Å². The molecule has 0 spiro atoms. The zero-order valence-electron chi connectivity index (χ0n) is 9.15. The molecule has 0 aromatic rings. The van der Waals surface area contributed by atoms with Gasteiger partial charge in [0.1, 0.15) is 0 Å². The van der Waals surface area contributed by atoms with Crippen LogP contribution in [0.3, 0.4) is 0 Å². The Bertz CT molecular complexity index is 111. The van der Waals surface area contributed by atoms with Crippen molar-refractivity contribution in [1.82, 2.24) is 0 Å². The Labute approximate surface area is 77.2 Å². The summed E-state index contributed by atoms with van der Waals surface area (Å²) in [4.78, 5) is 0. The highest BCUT2D eigenvalue weighted by Crippen LogP contribution is 2.26.